The molecule has 2 rings (SSSR count). The predicted octanol–water partition coefficient (Wildman–Crippen LogP) is 1.68. The average Bonchev–Trinajstić information content (AvgIpc) is 3.27. The van der Waals surface area contributed by atoms with E-state index in [1.54, 1.807) is 0 Å². The number of benzene rings is 1. The fourth-order valence-electron chi connectivity index (χ4n) is 1.81. The molecule has 0 heterocycles. The molecule has 21 heavy (non-hydrogen) atoms. The summed E-state index contributed by atoms with van der Waals surface area (Å²) in [7, 11) is 1.26. The van der Waals surface area contributed by atoms with Gasteiger partial charge in [-0.2, -0.15) is 0 Å². The van der Waals surface area contributed by atoms with E-state index in [1.165, 1.54) is 13.2 Å². The first kappa shape index (κ1) is 15.0. The minimum atomic E-state index is -0.826. The van der Waals surface area contributed by atoms with Gasteiger partial charge in [0, 0.05) is 12.6 Å². The summed E-state index contributed by atoms with van der Waals surface area (Å²) in [5.74, 6) is -0.664. The Hall–Kier alpha value is -2.38. The number of rotatable bonds is 7. The van der Waals surface area contributed by atoms with Gasteiger partial charge in [0.05, 0.1) is 24.6 Å². The van der Waals surface area contributed by atoms with E-state index in [0.717, 1.165) is 18.9 Å². The number of halogens is 1. The minimum Gasteiger partial charge on any atom is -0.494 e. The maximum Gasteiger partial charge on any atom is 0.295 e. The van der Waals surface area contributed by atoms with Gasteiger partial charge in [0.15, 0.2) is 11.6 Å². The summed E-state index contributed by atoms with van der Waals surface area (Å²) >= 11 is 0. The van der Waals surface area contributed by atoms with Gasteiger partial charge in [-0.15, -0.1) is 0 Å². The zero-order valence-electron chi connectivity index (χ0n) is 11.5. The van der Waals surface area contributed by atoms with E-state index < -0.39 is 16.4 Å². The molecular formula is C13H16FN3O4. The lowest BCUT2D eigenvalue weighted by Crippen LogP contribution is -2.31. The molecule has 1 saturated carbocycles. The van der Waals surface area contributed by atoms with Crippen molar-refractivity contribution in [3.8, 4) is 5.75 Å². The molecular weight excluding hydrogens is 281 g/mol. The number of amides is 1. The second kappa shape index (κ2) is 6.38. The SMILES string of the molecule is COc1cc(NCC(=O)NCC2CC2)c([N+](=O)[O-])cc1F. The van der Waals surface area contributed by atoms with Crippen molar-refractivity contribution in [3.63, 3.8) is 0 Å². The molecule has 8 heteroatoms. The first-order valence-corrected chi connectivity index (χ1v) is 6.53. The highest BCUT2D eigenvalue weighted by molar-refractivity contribution is 5.82. The van der Waals surface area contributed by atoms with Gasteiger partial charge < -0.3 is 15.4 Å². The molecule has 0 spiro atoms. The normalized spacial score (nSPS) is 13.6. The summed E-state index contributed by atoms with van der Waals surface area (Å²) in [6, 6.07) is 1.94. The van der Waals surface area contributed by atoms with Crippen LogP contribution in [0.15, 0.2) is 12.1 Å². The highest BCUT2D eigenvalue weighted by Gasteiger charge is 2.22. The van der Waals surface area contributed by atoms with Crippen LogP contribution in [-0.4, -0.2) is 31.0 Å². The minimum absolute atomic E-state index is 0.0415. The number of nitrogens with one attached hydrogen (secondary N) is 2. The van der Waals surface area contributed by atoms with Gasteiger partial charge >= 0.3 is 0 Å². The van der Waals surface area contributed by atoms with Gasteiger partial charge in [0.25, 0.3) is 5.69 Å². The fraction of sp³-hybridized carbons (Fsp3) is 0.462. The first-order valence-electron chi connectivity index (χ1n) is 6.53. The van der Waals surface area contributed by atoms with Gasteiger partial charge in [-0.1, -0.05) is 0 Å². The Morgan fingerprint density at radius 2 is 2.24 bits per heavy atom. The number of carbonyl (C=O) groups excluding carboxylic acids is 1. The maximum atomic E-state index is 13.5. The molecule has 0 saturated heterocycles. The van der Waals surface area contributed by atoms with Crippen LogP contribution in [0.25, 0.3) is 0 Å². The average molecular weight is 297 g/mol. The molecule has 114 valence electrons. The molecule has 0 unspecified atom stereocenters. The number of hydrogen-bond donors (Lipinski definition) is 2. The number of ether oxygens (including phenoxy) is 1. The van der Waals surface area contributed by atoms with Gasteiger partial charge in [0.1, 0.15) is 5.69 Å². The van der Waals surface area contributed by atoms with Gasteiger partial charge in [-0.25, -0.2) is 4.39 Å². The van der Waals surface area contributed by atoms with E-state index in [0.29, 0.717) is 12.5 Å². The molecule has 1 aromatic rings. The number of carbonyl (C=O) groups is 1. The van der Waals surface area contributed by atoms with Crippen molar-refractivity contribution in [1.29, 1.82) is 0 Å². The van der Waals surface area contributed by atoms with Crippen molar-refractivity contribution in [1.82, 2.24) is 5.32 Å². The number of nitro benzene ring substituents is 1. The third-order valence-corrected chi connectivity index (χ3v) is 3.19. The van der Waals surface area contributed by atoms with Crippen molar-refractivity contribution in [2.45, 2.75) is 12.8 Å². The monoisotopic (exact) mass is 297 g/mol. The second-order valence-corrected chi connectivity index (χ2v) is 4.86. The van der Waals surface area contributed by atoms with Crippen molar-refractivity contribution >= 4 is 17.3 Å². The first-order chi connectivity index (χ1) is 10.0. The Balaban J connectivity index is 2.02. The van der Waals surface area contributed by atoms with Crippen LogP contribution in [0.3, 0.4) is 0 Å². The van der Waals surface area contributed by atoms with E-state index >= 15 is 0 Å². The highest BCUT2D eigenvalue weighted by Crippen LogP contribution is 2.31. The molecule has 1 aromatic carbocycles. The summed E-state index contributed by atoms with van der Waals surface area (Å²) in [6.45, 7) is 0.498. The van der Waals surface area contributed by atoms with Crippen LogP contribution < -0.4 is 15.4 Å². The van der Waals surface area contributed by atoms with E-state index in [2.05, 4.69) is 10.6 Å². The van der Waals surface area contributed by atoms with Crippen LogP contribution in [-0.2, 0) is 4.79 Å². The third-order valence-electron chi connectivity index (χ3n) is 3.19. The van der Waals surface area contributed by atoms with Crippen LogP contribution in [0.1, 0.15) is 12.8 Å². The molecule has 0 radical (unpaired) electrons. The fourth-order valence-corrected chi connectivity index (χ4v) is 1.81. The van der Waals surface area contributed by atoms with E-state index in [1.807, 2.05) is 0 Å². The van der Waals surface area contributed by atoms with Crippen molar-refractivity contribution < 1.29 is 18.8 Å². The molecule has 1 aliphatic carbocycles. The lowest BCUT2D eigenvalue weighted by Gasteiger charge is -2.10. The lowest BCUT2D eigenvalue weighted by molar-refractivity contribution is -0.384. The molecule has 0 aliphatic heterocycles. The Bertz CT molecular complexity index is 561. The van der Waals surface area contributed by atoms with E-state index in [4.69, 9.17) is 4.74 Å². The van der Waals surface area contributed by atoms with E-state index in [9.17, 15) is 19.3 Å². The Kier molecular flexibility index (Phi) is 4.56. The van der Waals surface area contributed by atoms with Crippen LogP contribution in [0, 0.1) is 21.8 Å². The van der Waals surface area contributed by atoms with Crippen LogP contribution >= 0.6 is 0 Å². The molecule has 0 aromatic heterocycles. The molecule has 1 amide bonds. The van der Waals surface area contributed by atoms with Crippen LogP contribution in [0.2, 0.25) is 0 Å². The smallest absolute Gasteiger partial charge is 0.295 e. The number of anilines is 1. The highest BCUT2D eigenvalue weighted by atomic mass is 19.1. The predicted molar refractivity (Wildman–Crippen MR) is 73.8 cm³/mol. The van der Waals surface area contributed by atoms with Crippen LogP contribution in [0.5, 0.6) is 5.75 Å². The summed E-state index contributed by atoms with van der Waals surface area (Å²) < 4.78 is 18.2. The molecule has 0 atom stereocenters. The second-order valence-electron chi connectivity index (χ2n) is 4.86. The Morgan fingerprint density at radius 1 is 1.52 bits per heavy atom. The Labute approximate surface area is 120 Å². The zero-order valence-corrected chi connectivity index (χ0v) is 11.5. The number of methoxy groups -OCH3 is 1. The largest absolute Gasteiger partial charge is 0.494 e. The standard InChI is InChI=1S/C13H16FN3O4/c1-21-12-5-10(11(17(19)20)4-9(12)14)15-7-13(18)16-6-8-2-3-8/h4-5,8,15H,2-3,6-7H2,1H3,(H,16,18). The van der Waals surface area contributed by atoms with Crippen molar-refractivity contribution in [2.24, 2.45) is 5.92 Å². The topological polar surface area (TPSA) is 93.5 Å². The van der Waals surface area contributed by atoms with Crippen molar-refractivity contribution in [3.05, 3.63) is 28.1 Å². The number of nitro groups is 1. The summed E-state index contributed by atoms with van der Waals surface area (Å²) in [5, 5.41) is 16.3. The molecule has 1 aliphatic rings. The van der Waals surface area contributed by atoms with Gasteiger partial charge in [0.2, 0.25) is 5.91 Å². The zero-order chi connectivity index (χ0) is 15.4. The molecule has 2 N–H and O–H groups in total. The molecule has 0 bridgehead atoms. The summed E-state index contributed by atoms with van der Waals surface area (Å²) in [4.78, 5) is 21.8. The quantitative estimate of drug-likeness (QED) is 0.590. The molecule has 7 nitrogen and oxygen atoms in total. The number of nitrogens with zero attached hydrogens (tertiary/aromatic N) is 1. The summed E-state index contributed by atoms with van der Waals surface area (Å²) in [5.41, 5.74) is -0.400. The third kappa shape index (κ3) is 4.04. The van der Waals surface area contributed by atoms with Gasteiger partial charge in [-0.05, 0) is 18.8 Å². The summed E-state index contributed by atoms with van der Waals surface area (Å²) in [6.07, 6.45) is 2.24. The van der Waals surface area contributed by atoms with Crippen molar-refractivity contribution in [2.75, 3.05) is 25.5 Å². The van der Waals surface area contributed by atoms with Crippen LogP contribution in [0.4, 0.5) is 15.8 Å². The van der Waals surface area contributed by atoms with E-state index in [-0.39, 0.29) is 23.9 Å². The number of hydrogen-bond acceptors (Lipinski definition) is 5. The van der Waals surface area contributed by atoms with Gasteiger partial charge in [-0.3, -0.25) is 14.9 Å². The maximum absolute atomic E-state index is 13.5. The molecule has 1 fully saturated rings. The lowest BCUT2D eigenvalue weighted by atomic mass is 10.2. The Morgan fingerprint density at radius 3 is 2.81 bits per heavy atom.